The maximum atomic E-state index is 12.8. The molecule has 1 aromatic carbocycles. The molecule has 0 saturated heterocycles. The summed E-state index contributed by atoms with van der Waals surface area (Å²) in [5, 5.41) is 0.926. The third kappa shape index (κ3) is 3.96. The zero-order valence-corrected chi connectivity index (χ0v) is 16.4. The van der Waals surface area contributed by atoms with E-state index in [-0.39, 0.29) is 5.91 Å². The standard InChI is InChI=1S/C23H22N4O2/c1-27(15-16-7-4-3-5-8-16)21(28)12-18-14-26-22-20(18)11-17(13-25-22)19-9-6-10-24-23(19)29-2/h3-11,13-14H,12,15H2,1-2H3,(H,25,26). The average Bonchev–Trinajstić information content (AvgIpc) is 3.16. The Morgan fingerprint density at radius 1 is 1.14 bits per heavy atom. The number of likely N-dealkylation sites (N-methyl/N-ethyl adjacent to an activating group) is 1. The molecule has 146 valence electrons. The molecule has 1 amide bonds. The van der Waals surface area contributed by atoms with E-state index in [1.165, 1.54) is 0 Å². The zero-order chi connectivity index (χ0) is 20.2. The van der Waals surface area contributed by atoms with Gasteiger partial charge in [-0.3, -0.25) is 4.79 Å². The van der Waals surface area contributed by atoms with Gasteiger partial charge in [-0.2, -0.15) is 0 Å². The number of aromatic nitrogens is 3. The Hall–Kier alpha value is -3.67. The monoisotopic (exact) mass is 386 g/mol. The van der Waals surface area contributed by atoms with E-state index in [9.17, 15) is 4.79 Å². The highest BCUT2D eigenvalue weighted by atomic mass is 16.5. The summed E-state index contributed by atoms with van der Waals surface area (Å²) in [6.07, 6.45) is 5.64. The minimum absolute atomic E-state index is 0.0547. The number of aromatic amines is 1. The molecule has 0 spiro atoms. The highest BCUT2D eigenvalue weighted by Gasteiger charge is 2.15. The Balaban J connectivity index is 1.59. The molecule has 0 fully saturated rings. The molecule has 29 heavy (non-hydrogen) atoms. The van der Waals surface area contributed by atoms with Gasteiger partial charge in [0.15, 0.2) is 0 Å². The smallest absolute Gasteiger partial charge is 0.227 e. The van der Waals surface area contributed by atoms with Crippen molar-refractivity contribution in [3.05, 3.63) is 78.2 Å². The van der Waals surface area contributed by atoms with E-state index in [0.717, 1.165) is 33.3 Å². The van der Waals surface area contributed by atoms with Gasteiger partial charge in [0.1, 0.15) is 5.65 Å². The van der Waals surface area contributed by atoms with Crippen molar-refractivity contribution in [2.24, 2.45) is 0 Å². The van der Waals surface area contributed by atoms with Crippen LogP contribution in [0.5, 0.6) is 5.88 Å². The van der Waals surface area contributed by atoms with Gasteiger partial charge in [-0.1, -0.05) is 30.3 Å². The second-order valence-corrected chi connectivity index (χ2v) is 6.91. The Morgan fingerprint density at radius 2 is 1.97 bits per heavy atom. The molecule has 0 radical (unpaired) electrons. The highest BCUT2D eigenvalue weighted by Crippen LogP contribution is 2.30. The lowest BCUT2D eigenvalue weighted by molar-refractivity contribution is -0.129. The van der Waals surface area contributed by atoms with Crippen LogP contribution in [0.25, 0.3) is 22.2 Å². The van der Waals surface area contributed by atoms with E-state index in [0.29, 0.717) is 18.8 Å². The van der Waals surface area contributed by atoms with Crippen LogP contribution >= 0.6 is 0 Å². The van der Waals surface area contributed by atoms with Crippen LogP contribution in [0.3, 0.4) is 0 Å². The first-order valence-electron chi connectivity index (χ1n) is 9.39. The molecule has 0 aliphatic carbocycles. The van der Waals surface area contributed by atoms with E-state index >= 15 is 0 Å². The molecule has 0 aliphatic heterocycles. The maximum Gasteiger partial charge on any atom is 0.227 e. The number of fused-ring (bicyclic) bond motifs is 1. The molecule has 1 N–H and O–H groups in total. The van der Waals surface area contributed by atoms with Crippen molar-refractivity contribution in [1.82, 2.24) is 19.9 Å². The predicted molar refractivity (Wildman–Crippen MR) is 112 cm³/mol. The number of methoxy groups -OCH3 is 1. The van der Waals surface area contributed by atoms with Gasteiger partial charge in [0.05, 0.1) is 13.5 Å². The van der Waals surface area contributed by atoms with Gasteiger partial charge < -0.3 is 14.6 Å². The predicted octanol–water partition coefficient (Wildman–Crippen LogP) is 3.83. The van der Waals surface area contributed by atoms with E-state index in [2.05, 4.69) is 15.0 Å². The van der Waals surface area contributed by atoms with Crippen LogP contribution < -0.4 is 4.74 Å². The molecule has 0 aliphatic rings. The van der Waals surface area contributed by atoms with Crippen LogP contribution in [0.15, 0.2) is 67.1 Å². The van der Waals surface area contributed by atoms with Crippen LogP contribution in [-0.2, 0) is 17.8 Å². The lowest BCUT2D eigenvalue weighted by Crippen LogP contribution is -2.27. The van der Waals surface area contributed by atoms with Crippen LogP contribution in [-0.4, -0.2) is 39.9 Å². The average molecular weight is 386 g/mol. The second-order valence-electron chi connectivity index (χ2n) is 6.91. The SMILES string of the molecule is COc1ncccc1-c1cnc2[nH]cc(CC(=O)N(C)Cc3ccccc3)c2c1. The van der Waals surface area contributed by atoms with Gasteiger partial charge >= 0.3 is 0 Å². The number of hydrogen-bond donors (Lipinski definition) is 1. The number of amides is 1. The fraction of sp³-hybridized carbons (Fsp3) is 0.174. The summed E-state index contributed by atoms with van der Waals surface area (Å²) in [5.74, 6) is 0.600. The van der Waals surface area contributed by atoms with Gasteiger partial charge in [0.25, 0.3) is 0 Å². The molecule has 0 bridgehead atoms. The summed E-state index contributed by atoms with van der Waals surface area (Å²) in [6.45, 7) is 0.582. The molecule has 6 heteroatoms. The molecule has 0 unspecified atom stereocenters. The summed E-state index contributed by atoms with van der Waals surface area (Å²) < 4.78 is 5.37. The maximum absolute atomic E-state index is 12.8. The topological polar surface area (TPSA) is 71.1 Å². The third-order valence-electron chi connectivity index (χ3n) is 4.92. The second kappa shape index (κ2) is 8.14. The van der Waals surface area contributed by atoms with Crippen molar-refractivity contribution >= 4 is 16.9 Å². The van der Waals surface area contributed by atoms with Gasteiger partial charge in [-0.15, -0.1) is 0 Å². The van der Waals surface area contributed by atoms with Gasteiger partial charge in [-0.25, -0.2) is 9.97 Å². The summed E-state index contributed by atoms with van der Waals surface area (Å²) in [4.78, 5) is 26.4. The van der Waals surface area contributed by atoms with Crippen molar-refractivity contribution in [2.75, 3.05) is 14.2 Å². The van der Waals surface area contributed by atoms with Crippen molar-refractivity contribution in [3.8, 4) is 17.0 Å². The van der Waals surface area contributed by atoms with E-state index < -0.39 is 0 Å². The third-order valence-corrected chi connectivity index (χ3v) is 4.92. The van der Waals surface area contributed by atoms with E-state index in [1.807, 2.05) is 61.8 Å². The largest absolute Gasteiger partial charge is 0.481 e. The van der Waals surface area contributed by atoms with Crippen molar-refractivity contribution in [3.63, 3.8) is 0 Å². The Morgan fingerprint density at radius 3 is 2.76 bits per heavy atom. The minimum atomic E-state index is 0.0547. The first-order chi connectivity index (χ1) is 14.2. The Labute approximate surface area is 169 Å². The molecule has 6 nitrogen and oxygen atoms in total. The normalized spacial score (nSPS) is 10.8. The molecule has 0 saturated carbocycles. The molecular formula is C23H22N4O2. The number of carbonyl (C=O) groups excluding carboxylic acids is 1. The lowest BCUT2D eigenvalue weighted by atomic mass is 10.1. The number of ether oxygens (including phenoxy) is 1. The molecular weight excluding hydrogens is 364 g/mol. The molecule has 4 rings (SSSR count). The van der Waals surface area contributed by atoms with Gasteiger partial charge in [0.2, 0.25) is 11.8 Å². The summed E-state index contributed by atoms with van der Waals surface area (Å²) in [5.41, 5.74) is 4.54. The molecule has 3 aromatic heterocycles. The van der Waals surface area contributed by atoms with Crippen molar-refractivity contribution in [2.45, 2.75) is 13.0 Å². The van der Waals surface area contributed by atoms with Crippen molar-refractivity contribution < 1.29 is 9.53 Å². The lowest BCUT2D eigenvalue weighted by Gasteiger charge is -2.17. The van der Waals surface area contributed by atoms with Crippen molar-refractivity contribution in [1.29, 1.82) is 0 Å². The zero-order valence-electron chi connectivity index (χ0n) is 16.4. The number of nitrogens with zero attached hydrogens (tertiary/aromatic N) is 3. The first kappa shape index (κ1) is 18.7. The van der Waals surface area contributed by atoms with E-state index in [1.54, 1.807) is 24.4 Å². The summed E-state index contributed by atoms with van der Waals surface area (Å²) >= 11 is 0. The first-order valence-corrected chi connectivity index (χ1v) is 9.39. The number of nitrogens with one attached hydrogen (secondary N) is 1. The number of hydrogen-bond acceptors (Lipinski definition) is 4. The van der Waals surface area contributed by atoms with Crippen LogP contribution in [0.1, 0.15) is 11.1 Å². The quantitative estimate of drug-likeness (QED) is 0.547. The number of benzene rings is 1. The summed E-state index contributed by atoms with van der Waals surface area (Å²) in [6, 6.07) is 15.8. The Bertz CT molecular complexity index is 1140. The van der Waals surface area contributed by atoms with Crippen LogP contribution in [0.4, 0.5) is 0 Å². The van der Waals surface area contributed by atoms with E-state index in [4.69, 9.17) is 4.74 Å². The number of pyridine rings is 2. The molecule has 3 heterocycles. The molecule has 4 aromatic rings. The van der Waals surface area contributed by atoms with Gasteiger partial charge in [-0.05, 0) is 29.3 Å². The molecule has 0 atom stereocenters. The number of rotatable bonds is 6. The minimum Gasteiger partial charge on any atom is -0.481 e. The fourth-order valence-electron chi connectivity index (χ4n) is 3.37. The van der Waals surface area contributed by atoms with Gasteiger partial charge in [0, 0.05) is 48.7 Å². The number of H-pyrrole nitrogens is 1. The highest BCUT2D eigenvalue weighted by molar-refractivity contribution is 5.89. The number of carbonyl (C=O) groups is 1. The Kier molecular flexibility index (Phi) is 5.24. The fourth-order valence-corrected chi connectivity index (χ4v) is 3.37. The summed E-state index contributed by atoms with van der Waals surface area (Å²) in [7, 11) is 3.43. The van der Waals surface area contributed by atoms with Crippen LogP contribution in [0, 0.1) is 0 Å². The van der Waals surface area contributed by atoms with Crippen LogP contribution in [0.2, 0.25) is 0 Å².